The van der Waals surface area contributed by atoms with Crippen LogP contribution in [0.2, 0.25) is 0 Å². The van der Waals surface area contributed by atoms with E-state index in [1.54, 1.807) is 12.1 Å². The van der Waals surface area contributed by atoms with E-state index in [-0.39, 0.29) is 19.1 Å². The number of benzene rings is 1. The maximum Gasteiger partial charge on any atom is 0.258 e. The van der Waals surface area contributed by atoms with Crippen molar-refractivity contribution in [2.75, 3.05) is 13.2 Å². The number of amides is 1. The van der Waals surface area contributed by atoms with Crippen molar-refractivity contribution in [3.05, 3.63) is 28.7 Å². The lowest BCUT2D eigenvalue weighted by Gasteiger charge is -2.14. The van der Waals surface area contributed by atoms with Crippen LogP contribution in [0.5, 0.6) is 5.75 Å². The van der Waals surface area contributed by atoms with Gasteiger partial charge in [0.1, 0.15) is 5.75 Å². The maximum absolute atomic E-state index is 11.5. The highest BCUT2D eigenvalue weighted by Crippen LogP contribution is 2.15. The molecule has 1 atom stereocenters. The second-order valence-corrected chi connectivity index (χ2v) is 5.75. The van der Waals surface area contributed by atoms with Gasteiger partial charge in [0.25, 0.3) is 5.91 Å². The lowest BCUT2D eigenvalue weighted by molar-refractivity contribution is -0.123. The van der Waals surface area contributed by atoms with E-state index in [4.69, 9.17) is 4.74 Å². The van der Waals surface area contributed by atoms with E-state index in [0.717, 1.165) is 4.47 Å². The fraction of sp³-hybridized carbons (Fsp3) is 0.500. The molecule has 0 spiro atoms. The van der Waals surface area contributed by atoms with Crippen LogP contribution in [0.3, 0.4) is 0 Å². The Labute approximate surface area is 122 Å². The quantitative estimate of drug-likeness (QED) is 0.807. The summed E-state index contributed by atoms with van der Waals surface area (Å²) in [6.07, 6.45) is 0.171. The number of ether oxygens (including phenoxy) is 1. The highest BCUT2D eigenvalue weighted by Gasteiger charge is 2.09. The van der Waals surface area contributed by atoms with Gasteiger partial charge in [0, 0.05) is 11.0 Å². The van der Waals surface area contributed by atoms with E-state index in [1.165, 1.54) is 0 Å². The van der Waals surface area contributed by atoms with Crippen LogP contribution >= 0.6 is 15.9 Å². The van der Waals surface area contributed by atoms with Crippen molar-refractivity contribution in [2.45, 2.75) is 26.4 Å². The molecule has 0 saturated carbocycles. The number of aliphatic hydroxyl groups excluding tert-OH is 1. The Hall–Kier alpha value is -1.07. The number of aliphatic hydroxyl groups is 1. The molecule has 0 heterocycles. The number of nitrogens with one attached hydrogen (secondary N) is 1. The second-order valence-electron chi connectivity index (χ2n) is 4.83. The highest BCUT2D eigenvalue weighted by molar-refractivity contribution is 9.10. The Kier molecular flexibility index (Phi) is 6.87. The fourth-order valence-corrected chi connectivity index (χ4v) is 1.85. The van der Waals surface area contributed by atoms with E-state index in [0.29, 0.717) is 18.1 Å². The summed E-state index contributed by atoms with van der Waals surface area (Å²) in [5.41, 5.74) is 0. The van der Waals surface area contributed by atoms with Gasteiger partial charge >= 0.3 is 0 Å². The van der Waals surface area contributed by atoms with Crippen molar-refractivity contribution in [3.63, 3.8) is 0 Å². The first kappa shape index (κ1) is 16.0. The average molecular weight is 330 g/mol. The van der Waals surface area contributed by atoms with Gasteiger partial charge in [-0.15, -0.1) is 0 Å². The van der Waals surface area contributed by atoms with Gasteiger partial charge in [-0.25, -0.2) is 0 Å². The fourth-order valence-electron chi connectivity index (χ4n) is 1.59. The topological polar surface area (TPSA) is 58.6 Å². The Morgan fingerprint density at radius 2 is 2.00 bits per heavy atom. The zero-order chi connectivity index (χ0) is 14.3. The Balaban J connectivity index is 2.22. The summed E-state index contributed by atoms with van der Waals surface area (Å²) in [4.78, 5) is 11.5. The first-order valence-electron chi connectivity index (χ1n) is 6.30. The molecule has 5 heteroatoms. The van der Waals surface area contributed by atoms with Gasteiger partial charge in [0.05, 0.1) is 6.10 Å². The molecule has 4 nitrogen and oxygen atoms in total. The molecule has 0 aliphatic rings. The van der Waals surface area contributed by atoms with E-state index in [9.17, 15) is 9.90 Å². The lowest BCUT2D eigenvalue weighted by Crippen LogP contribution is -2.35. The molecule has 0 saturated heterocycles. The molecule has 0 aromatic heterocycles. The third kappa shape index (κ3) is 7.18. The van der Waals surface area contributed by atoms with Crippen LogP contribution in [-0.2, 0) is 4.79 Å². The van der Waals surface area contributed by atoms with Gasteiger partial charge in [0.2, 0.25) is 0 Å². The van der Waals surface area contributed by atoms with Gasteiger partial charge < -0.3 is 15.2 Å². The van der Waals surface area contributed by atoms with Crippen molar-refractivity contribution >= 4 is 21.8 Å². The summed E-state index contributed by atoms with van der Waals surface area (Å²) in [5.74, 6) is 0.817. The normalized spacial score (nSPS) is 12.3. The molecule has 0 radical (unpaired) electrons. The van der Waals surface area contributed by atoms with Crippen molar-refractivity contribution < 1.29 is 14.6 Å². The number of rotatable bonds is 7. The highest BCUT2D eigenvalue weighted by atomic mass is 79.9. The van der Waals surface area contributed by atoms with Crippen LogP contribution in [0.1, 0.15) is 20.3 Å². The van der Waals surface area contributed by atoms with Gasteiger partial charge in [-0.3, -0.25) is 4.79 Å². The number of hydrogen-bond donors (Lipinski definition) is 2. The van der Waals surface area contributed by atoms with E-state index < -0.39 is 6.10 Å². The van der Waals surface area contributed by atoms with Crippen LogP contribution < -0.4 is 10.1 Å². The molecular formula is C14H20BrNO3. The minimum absolute atomic E-state index is 0.0456. The van der Waals surface area contributed by atoms with Gasteiger partial charge in [0.15, 0.2) is 6.61 Å². The standard InChI is InChI=1S/C14H20BrNO3/c1-10(2)7-12(17)8-16-14(18)9-19-13-5-3-11(15)4-6-13/h3-6,10,12,17H,7-9H2,1-2H3,(H,16,18). The van der Waals surface area contributed by atoms with Crippen molar-refractivity contribution in [1.82, 2.24) is 5.32 Å². The van der Waals surface area contributed by atoms with Gasteiger partial charge in [-0.05, 0) is 36.6 Å². The molecule has 0 aliphatic carbocycles. The summed E-state index contributed by atoms with van der Waals surface area (Å²) < 4.78 is 6.28. The molecule has 19 heavy (non-hydrogen) atoms. The van der Waals surface area contributed by atoms with Gasteiger partial charge in [-0.1, -0.05) is 29.8 Å². The molecule has 0 aliphatic heterocycles. The third-order valence-electron chi connectivity index (χ3n) is 2.46. The third-order valence-corrected chi connectivity index (χ3v) is 2.99. The largest absolute Gasteiger partial charge is 0.484 e. The second kappa shape index (κ2) is 8.17. The predicted molar refractivity (Wildman–Crippen MR) is 78.1 cm³/mol. The number of carbonyl (C=O) groups excluding carboxylic acids is 1. The maximum atomic E-state index is 11.5. The van der Waals surface area contributed by atoms with Crippen molar-refractivity contribution in [2.24, 2.45) is 5.92 Å². The molecule has 0 fully saturated rings. The zero-order valence-electron chi connectivity index (χ0n) is 11.2. The van der Waals surface area contributed by atoms with E-state index >= 15 is 0 Å². The summed E-state index contributed by atoms with van der Waals surface area (Å²) in [6.45, 7) is 4.28. The lowest BCUT2D eigenvalue weighted by atomic mass is 10.1. The molecule has 2 N–H and O–H groups in total. The summed E-state index contributed by atoms with van der Waals surface area (Å²) in [6, 6.07) is 7.26. The molecule has 1 rings (SSSR count). The molecule has 1 unspecified atom stereocenters. The minimum Gasteiger partial charge on any atom is -0.484 e. The zero-order valence-corrected chi connectivity index (χ0v) is 12.8. The Morgan fingerprint density at radius 3 is 2.58 bits per heavy atom. The van der Waals surface area contributed by atoms with Crippen molar-refractivity contribution in [1.29, 1.82) is 0 Å². The van der Waals surface area contributed by atoms with Crippen LogP contribution in [0.4, 0.5) is 0 Å². The van der Waals surface area contributed by atoms with Gasteiger partial charge in [-0.2, -0.15) is 0 Å². The van der Waals surface area contributed by atoms with Crippen LogP contribution in [-0.4, -0.2) is 30.3 Å². The van der Waals surface area contributed by atoms with Crippen LogP contribution in [0.25, 0.3) is 0 Å². The molecule has 1 amide bonds. The average Bonchev–Trinajstić information content (AvgIpc) is 2.35. The minimum atomic E-state index is -0.503. The van der Waals surface area contributed by atoms with Crippen LogP contribution in [0.15, 0.2) is 28.7 Å². The number of carbonyl (C=O) groups is 1. The molecule has 0 bridgehead atoms. The monoisotopic (exact) mass is 329 g/mol. The molecule has 106 valence electrons. The molecular weight excluding hydrogens is 310 g/mol. The summed E-state index contributed by atoms with van der Waals surface area (Å²) in [5, 5.41) is 12.3. The first-order valence-corrected chi connectivity index (χ1v) is 7.10. The van der Waals surface area contributed by atoms with E-state index in [2.05, 4.69) is 21.2 Å². The summed E-state index contributed by atoms with van der Waals surface area (Å²) >= 11 is 3.32. The SMILES string of the molecule is CC(C)CC(O)CNC(=O)COc1ccc(Br)cc1. The number of hydrogen-bond acceptors (Lipinski definition) is 3. The molecule has 1 aromatic carbocycles. The Morgan fingerprint density at radius 1 is 1.37 bits per heavy atom. The summed E-state index contributed by atoms with van der Waals surface area (Å²) in [7, 11) is 0. The van der Waals surface area contributed by atoms with Crippen LogP contribution in [0, 0.1) is 5.92 Å². The smallest absolute Gasteiger partial charge is 0.258 e. The Bertz CT molecular complexity index is 392. The molecule has 1 aromatic rings. The van der Waals surface area contributed by atoms with E-state index in [1.807, 2.05) is 26.0 Å². The predicted octanol–water partition coefficient (Wildman–Crippen LogP) is 2.35. The number of halogens is 1. The first-order chi connectivity index (χ1) is 8.97. The van der Waals surface area contributed by atoms with Crippen molar-refractivity contribution in [3.8, 4) is 5.75 Å².